The fourth-order valence-electron chi connectivity index (χ4n) is 2.64. The zero-order chi connectivity index (χ0) is 10.1. The van der Waals surface area contributed by atoms with E-state index in [1.165, 1.54) is 30.5 Å². The number of hydrogen-bond acceptors (Lipinski definition) is 3. The summed E-state index contributed by atoms with van der Waals surface area (Å²) in [7, 11) is 0. The molecule has 0 aromatic rings. The largest absolute Gasteiger partial charge is 0.388 e. The molecule has 1 N–H and O–H groups in total. The number of nitrogens with zero attached hydrogens (tertiary/aromatic N) is 2. The Bertz CT molecular complexity index is 388. The van der Waals surface area contributed by atoms with Crippen LogP contribution in [0, 0.1) is 5.92 Å². The zero-order valence-corrected chi connectivity index (χ0v) is 8.74. The van der Waals surface area contributed by atoms with Crippen molar-refractivity contribution in [3.05, 3.63) is 23.4 Å². The van der Waals surface area contributed by atoms with Crippen LogP contribution in [0.15, 0.2) is 33.6 Å². The van der Waals surface area contributed by atoms with Crippen LogP contribution in [0.2, 0.25) is 0 Å². The molecule has 15 heavy (non-hydrogen) atoms. The van der Waals surface area contributed by atoms with Crippen LogP contribution in [0.3, 0.4) is 0 Å². The first-order valence-corrected chi connectivity index (χ1v) is 5.70. The van der Waals surface area contributed by atoms with Gasteiger partial charge in [0.15, 0.2) is 0 Å². The number of fused-ring (bicyclic) bond motifs is 2. The Morgan fingerprint density at radius 1 is 1.33 bits per heavy atom. The third-order valence-electron chi connectivity index (χ3n) is 3.38. The van der Waals surface area contributed by atoms with Crippen LogP contribution in [0.5, 0.6) is 0 Å². The quantitative estimate of drug-likeness (QED) is 0.639. The lowest BCUT2D eigenvalue weighted by atomic mass is 9.81. The molecule has 0 saturated carbocycles. The van der Waals surface area contributed by atoms with E-state index >= 15 is 0 Å². The van der Waals surface area contributed by atoms with Crippen molar-refractivity contribution in [1.82, 2.24) is 5.32 Å². The van der Waals surface area contributed by atoms with E-state index in [1.807, 2.05) is 6.08 Å². The molecule has 3 rings (SSSR count). The highest BCUT2D eigenvalue weighted by atomic mass is 15.2. The monoisotopic (exact) mass is 201 g/mol. The van der Waals surface area contributed by atoms with E-state index in [1.54, 1.807) is 6.21 Å². The summed E-state index contributed by atoms with van der Waals surface area (Å²) in [4.78, 5) is 0. The third kappa shape index (κ3) is 1.52. The molecule has 0 amide bonds. The second-order valence-corrected chi connectivity index (χ2v) is 4.30. The van der Waals surface area contributed by atoms with Crippen LogP contribution in [-0.4, -0.2) is 18.5 Å². The average Bonchev–Trinajstić information content (AvgIpc) is 2.54. The van der Waals surface area contributed by atoms with Gasteiger partial charge in [0.05, 0.1) is 5.71 Å². The van der Waals surface area contributed by atoms with E-state index in [9.17, 15) is 0 Å². The highest BCUT2D eigenvalue weighted by Gasteiger charge is 2.28. The number of piperidine rings is 1. The minimum atomic E-state index is 0.732. The Morgan fingerprint density at radius 3 is 3.33 bits per heavy atom. The lowest BCUT2D eigenvalue weighted by molar-refractivity contribution is 0.416. The zero-order valence-electron chi connectivity index (χ0n) is 8.74. The first kappa shape index (κ1) is 8.89. The van der Waals surface area contributed by atoms with Gasteiger partial charge in [-0.15, -0.1) is 0 Å². The molecule has 0 spiro atoms. The molecule has 2 aliphatic heterocycles. The summed E-state index contributed by atoms with van der Waals surface area (Å²) in [6.45, 7) is 1.11. The van der Waals surface area contributed by atoms with Gasteiger partial charge in [0, 0.05) is 24.0 Å². The lowest BCUT2D eigenvalue weighted by Crippen LogP contribution is -2.33. The predicted octanol–water partition coefficient (Wildman–Crippen LogP) is 2.03. The molecule has 1 fully saturated rings. The van der Waals surface area contributed by atoms with Gasteiger partial charge >= 0.3 is 0 Å². The first-order chi connectivity index (χ1) is 7.45. The second-order valence-electron chi connectivity index (χ2n) is 4.30. The topological polar surface area (TPSA) is 36.8 Å². The molecule has 3 heteroatoms. The summed E-state index contributed by atoms with van der Waals surface area (Å²) in [6, 6.07) is 0. The van der Waals surface area contributed by atoms with Crippen molar-refractivity contribution in [2.75, 3.05) is 6.54 Å². The molecule has 1 unspecified atom stereocenters. The summed E-state index contributed by atoms with van der Waals surface area (Å²) < 4.78 is 0. The summed E-state index contributed by atoms with van der Waals surface area (Å²) in [5, 5.41) is 11.8. The molecule has 2 heterocycles. The minimum absolute atomic E-state index is 0.732. The fraction of sp³-hybridized carbons (Fsp3) is 0.500. The molecule has 1 atom stereocenters. The normalized spacial score (nSPS) is 28.8. The lowest BCUT2D eigenvalue weighted by Gasteiger charge is -2.32. The Labute approximate surface area is 89.7 Å². The van der Waals surface area contributed by atoms with Gasteiger partial charge < -0.3 is 5.32 Å². The summed E-state index contributed by atoms with van der Waals surface area (Å²) >= 11 is 0. The first-order valence-electron chi connectivity index (χ1n) is 5.70. The Morgan fingerprint density at radius 2 is 2.33 bits per heavy atom. The van der Waals surface area contributed by atoms with E-state index < -0.39 is 0 Å². The van der Waals surface area contributed by atoms with Gasteiger partial charge in [0.2, 0.25) is 0 Å². The maximum absolute atomic E-state index is 4.26. The van der Waals surface area contributed by atoms with E-state index in [4.69, 9.17) is 0 Å². The molecule has 0 bridgehead atoms. The van der Waals surface area contributed by atoms with Gasteiger partial charge in [-0.1, -0.05) is 0 Å². The van der Waals surface area contributed by atoms with Crippen molar-refractivity contribution in [3.8, 4) is 0 Å². The van der Waals surface area contributed by atoms with Gasteiger partial charge in [-0.2, -0.15) is 10.2 Å². The van der Waals surface area contributed by atoms with E-state index in [0.717, 1.165) is 24.6 Å². The van der Waals surface area contributed by atoms with Crippen LogP contribution in [0.1, 0.15) is 25.7 Å². The van der Waals surface area contributed by atoms with Crippen molar-refractivity contribution >= 4 is 11.9 Å². The van der Waals surface area contributed by atoms with Crippen LogP contribution in [-0.2, 0) is 0 Å². The molecule has 78 valence electrons. The van der Waals surface area contributed by atoms with Crippen molar-refractivity contribution < 1.29 is 0 Å². The van der Waals surface area contributed by atoms with E-state index in [-0.39, 0.29) is 0 Å². The summed E-state index contributed by atoms with van der Waals surface area (Å²) in [5.74, 6) is 0.732. The van der Waals surface area contributed by atoms with Crippen LogP contribution in [0.4, 0.5) is 0 Å². The Kier molecular flexibility index (Phi) is 2.16. The van der Waals surface area contributed by atoms with E-state index in [0.29, 0.717) is 0 Å². The predicted molar refractivity (Wildman–Crippen MR) is 62.1 cm³/mol. The summed E-state index contributed by atoms with van der Waals surface area (Å²) in [6.07, 6.45) is 10.8. The second kappa shape index (κ2) is 3.65. The number of hydrogen-bond donors (Lipinski definition) is 1. The van der Waals surface area contributed by atoms with E-state index in [2.05, 4.69) is 21.6 Å². The molecule has 3 aliphatic rings. The molecule has 1 saturated heterocycles. The molecule has 0 aromatic carbocycles. The Hall–Kier alpha value is -1.38. The number of nitrogens with one attached hydrogen (secondary N) is 1. The third-order valence-corrected chi connectivity index (χ3v) is 3.38. The fourth-order valence-corrected chi connectivity index (χ4v) is 2.64. The molecule has 1 aliphatic carbocycles. The van der Waals surface area contributed by atoms with Crippen molar-refractivity contribution in [1.29, 1.82) is 0 Å². The highest BCUT2D eigenvalue weighted by Crippen LogP contribution is 2.33. The van der Waals surface area contributed by atoms with Gasteiger partial charge in [-0.05, 0) is 43.8 Å². The van der Waals surface area contributed by atoms with Gasteiger partial charge in [0.25, 0.3) is 0 Å². The minimum Gasteiger partial charge on any atom is -0.388 e. The Balaban J connectivity index is 2.06. The van der Waals surface area contributed by atoms with Crippen molar-refractivity contribution in [3.63, 3.8) is 0 Å². The van der Waals surface area contributed by atoms with Crippen molar-refractivity contribution in [2.45, 2.75) is 25.7 Å². The SMILES string of the molecule is C1=CC2=C3NCCCC3CCC2=NN=C1. The molecular formula is C12H15N3. The van der Waals surface area contributed by atoms with Gasteiger partial charge in [-0.25, -0.2) is 0 Å². The molecule has 0 aromatic heterocycles. The van der Waals surface area contributed by atoms with Crippen LogP contribution >= 0.6 is 0 Å². The number of allylic oxidation sites excluding steroid dienone is 4. The summed E-state index contributed by atoms with van der Waals surface area (Å²) in [5.41, 5.74) is 3.86. The molecule has 3 nitrogen and oxygen atoms in total. The molecule has 0 radical (unpaired) electrons. The standard InChI is InChI=1S/C12H15N3/c1-3-9-5-6-11-10(12(9)13-7-1)4-2-8-14-15-11/h2,4,8-9,13H,1,3,5-7H2. The van der Waals surface area contributed by atoms with Gasteiger partial charge in [-0.3, -0.25) is 0 Å². The molecular weight excluding hydrogens is 186 g/mol. The smallest absolute Gasteiger partial charge is 0.0720 e. The maximum Gasteiger partial charge on any atom is 0.0720 e. The van der Waals surface area contributed by atoms with Gasteiger partial charge in [0.1, 0.15) is 0 Å². The maximum atomic E-state index is 4.26. The highest BCUT2D eigenvalue weighted by molar-refractivity contribution is 6.05. The average molecular weight is 201 g/mol. The van der Waals surface area contributed by atoms with Crippen molar-refractivity contribution in [2.24, 2.45) is 16.1 Å². The number of rotatable bonds is 0. The van der Waals surface area contributed by atoms with Crippen LogP contribution < -0.4 is 5.32 Å². The van der Waals surface area contributed by atoms with Crippen LogP contribution in [0.25, 0.3) is 0 Å².